The summed E-state index contributed by atoms with van der Waals surface area (Å²) in [5.74, 6) is 0.357. The molecule has 4 nitrogen and oxygen atoms in total. The Morgan fingerprint density at radius 2 is 2.10 bits per heavy atom. The van der Waals surface area contributed by atoms with E-state index in [-0.39, 0.29) is 17.9 Å². The molecule has 1 aromatic heterocycles. The zero-order valence-electron chi connectivity index (χ0n) is 11.8. The summed E-state index contributed by atoms with van der Waals surface area (Å²) < 4.78 is 1.83. The molecule has 1 aliphatic rings. The second-order valence-corrected chi connectivity index (χ2v) is 5.52. The lowest BCUT2D eigenvalue weighted by Crippen LogP contribution is -2.30. The highest BCUT2D eigenvalue weighted by Crippen LogP contribution is 2.31. The van der Waals surface area contributed by atoms with E-state index < -0.39 is 0 Å². The lowest BCUT2D eigenvalue weighted by Gasteiger charge is -2.18. The van der Waals surface area contributed by atoms with Gasteiger partial charge in [-0.25, -0.2) is 0 Å². The SMILES string of the molecule is Cc1nn(C)cc1C1CC(=O)NC1Cc1ccccc1. The Balaban J connectivity index is 1.85. The largest absolute Gasteiger partial charge is 0.352 e. The third-order valence-electron chi connectivity index (χ3n) is 3.99. The monoisotopic (exact) mass is 269 g/mol. The van der Waals surface area contributed by atoms with E-state index in [1.165, 1.54) is 11.1 Å². The van der Waals surface area contributed by atoms with Gasteiger partial charge in [0.1, 0.15) is 0 Å². The number of aromatic nitrogens is 2. The van der Waals surface area contributed by atoms with Crippen molar-refractivity contribution < 1.29 is 4.79 Å². The third kappa shape index (κ3) is 2.46. The summed E-state index contributed by atoms with van der Waals surface area (Å²) in [4.78, 5) is 11.8. The van der Waals surface area contributed by atoms with Crippen LogP contribution >= 0.6 is 0 Å². The number of nitrogens with one attached hydrogen (secondary N) is 1. The van der Waals surface area contributed by atoms with Crippen LogP contribution in [0.1, 0.15) is 29.2 Å². The molecule has 1 aliphatic heterocycles. The molecule has 1 N–H and O–H groups in total. The number of amides is 1. The molecule has 2 aromatic rings. The number of rotatable bonds is 3. The quantitative estimate of drug-likeness (QED) is 0.925. The molecule has 0 aliphatic carbocycles. The molecule has 0 radical (unpaired) electrons. The van der Waals surface area contributed by atoms with Gasteiger partial charge in [-0.05, 0) is 24.5 Å². The minimum atomic E-state index is 0.138. The first-order chi connectivity index (χ1) is 9.63. The van der Waals surface area contributed by atoms with E-state index in [1.54, 1.807) is 0 Å². The molecular formula is C16H19N3O. The van der Waals surface area contributed by atoms with E-state index in [0.717, 1.165) is 12.1 Å². The van der Waals surface area contributed by atoms with E-state index in [4.69, 9.17) is 0 Å². The summed E-state index contributed by atoms with van der Waals surface area (Å²) in [6, 6.07) is 10.5. The van der Waals surface area contributed by atoms with E-state index >= 15 is 0 Å². The van der Waals surface area contributed by atoms with E-state index in [9.17, 15) is 4.79 Å². The number of aryl methyl sites for hydroxylation is 2. The van der Waals surface area contributed by atoms with Crippen LogP contribution in [-0.4, -0.2) is 21.7 Å². The van der Waals surface area contributed by atoms with E-state index in [0.29, 0.717) is 6.42 Å². The number of carbonyl (C=O) groups is 1. The van der Waals surface area contributed by atoms with Gasteiger partial charge in [0.2, 0.25) is 5.91 Å². The topological polar surface area (TPSA) is 46.9 Å². The molecule has 20 heavy (non-hydrogen) atoms. The number of hydrogen-bond acceptors (Lipinski definition) is 2. The van der Waals surface area contributed by atoms with Crippen molar-refractivity contribution in [2.24, 2.45) is 7.05 Å². The minimum absolute atomic E-state index is 0.138. The standard InChI is InChI=1S/C16H19N3O/c1-11-14(10-19(2)18-11)13-9-16(20)17-15(13)8-12-6-4-3-5-7-12/h3-7,10,13,15H,8-9H2,1-2H3,(H,17,20). The molecule has 1 aromatic carbocycles. The molecule has 0 bridgehead atoms. The van der Waals surface area contributed by atoms with Gasteiger partial charge in [0, 0.05) is 31.6 Å². The predicted molar refractivity (Wildman–Crippen MR) is 77.4 cm³/mol. The average Bonchev–Trinajstić information content (AvgIpc) is 2.93. The first-order valence-corrected chi connectivity index (χ1v) is 6.97. The summed E-state index contributed by atoms with van der Waals surface area (Å²) in [5.41, 5.74) is 3.46. The van der Waals surface area contributed by atoms with Crippen LogP contribution in [0.4, 0.5) is 0 Å². The Bertz CT molecular complexity index is 618. The maximum atomic E-state index is 11.8. The third-order valence-corrected chi connectivity index (χ3v) is 3.99. The molecule has 1 amide bonds. The normalized spacial score (nSPS) is 22.0. The molecule has 1 saturated heterocycles. The van der Waals surface area contributed by atoms with Crippen molar-refractivity contribution in [3.63, 3.8) is 0 Å². The van der Waals surface area contributed by atoms with Crippen LogP contribution in [0.5, 0.6) is 0 Å². The van der Waals surface area contributed by atoms with Crippen LogP contribution in [-0.2, 0) is 18.3 Å². The summed E-state index contributed by atoms with van der Waals surface area (Å²) >= 11 is 0. The van der Waals surface area contributed by atoms with Crippen LogP contribution < -0.4 is 5.32 Å². The minimum Gasteiger partial charge on any atom is -0.352 e. The number of carbonyl (C=O) groups excluding carboxylic acids is 1. The number of hydrogen-bond donors (Lipinski definition) is 1. The molecule has 2 atom stereocenters. The summed E-state index contributed by atoms with van der Waals surface area (Å²) in [6.45, 7) is 2.01. The summed E-state index contributed by atoms with van der Waals surface area (Å²) in [5, 5.41) is 7.51. The second kappa shape index (κ2) is 5.12. The fourth-order valence-corrected chi connectivity index (χ4v) is 3.08. The fourth-order valence-electron chi connectivity index (χ4n) is 3.08. The van der Waals surface area contributed by atoms with Crippen molar-refractivity contribution in [2.75, 3.05) is 0 Å². The first-order valence-electron chi connectivity index (χ1n) is 6.97. The highest BCUT2D eigenvalue weighted by molar-refractivity contribution is 5.80. The predicted octanol–water partition coefficient (Wildman–Crippen LogP) is 1.94. The second-order valence-electron chi connectivity index (χ2n) is 5.52. The molecule has 104 valence electrons. The number of benzene rings is 1. The highest BCUT2D eigenvalue weighted by atomic mass is 16.2. The van der Waals surface area contributed by atoms with Crippen LogP contribution in [0.25, 0.3) is 0 Å². The van der Waals surface area contributed by atoms with Crippen LogP contribution in [0.2, 0.25) is 0 Å². The maximum absolute atomic E-state index is 11.8. The van der Waals surface area contributed by atoms with Crippen molar-refractivity contribution in [3.05, 3.63) is 53.3 Å². The Morgan fingerprint density at radius 1 is 1.35 bits per heavy atom. The molecule has 2 unspecified atom stereocenters. The van der Waals surface area contributed by atoms with Gasteiger partial charge in [0.05, 0.1) is 5.69 Å². The molecule has 2 heterocycles. The van der Waals surface area contributed by atoms with Crippen molar-refractivity contribution in [1.82, 2.24) is 15.1 Å². The van der Waals surface area contributed by atoms with E-state index in [2.05, 4.69) is 22.5 Å². The lowest BCUT2D eigenvalue weighted by atomic mass is 9.89. The Morgan fingerprint density at radius 3 is 2.75 bits per heavy atom. The smallest absolute Gasteiger partial charge is 0.220 e. The zero-order chi connectivity index (χ0) is 14.1. The Labute approximate surface area is 118 Å². The molecule has 1 fully saturated rings. The molecule has 0 spiro atoms. The van der Waals surface area contributed by atoms with Gasteiger partial charge in [-0.2, -0.15) is 5.10 Å². The van der Waals surface area contributed by atoms with Crippen molar-refractivity contribution in [2.45, 2.75) is 31.7 Å². The first kappa shape index (κ1) is 12.9. The van der Waals surface area contributed by atoms with E-state index in [1.807, 2.05) is 43.0 Å². The maximum Gasteiger partial charge on any atom is 0.220 e. The Hall–Kier alpha value is -2.10. The Kier molecular flexibility index (Phi) is 3.30. The van der Waals surface area contributed by atoms with Crippen molar-refractivity contribution in [1.29, 1.82) is 0 Å². The molecule has 3 rings (SSSR count). The van der Waals surface area contributed by atoms with Gasteiger partial charge in [0.15, 0.2) is 0 Å². The van der Waals surface area contributed by atoms with Gasteiger partial charge >= 0.3 is 0 Å². The van der Waals surface area contributed by atoms with Crippen LogP contribution in [0, 0.1) is 6.92 Å². The van der Waals surface area contributed by atoms with Gasteiger partial charge < -0.3 is 5.32 Å². The number of nitrogens with zero attached hydrogens (tertiary/aromatic N) is 2. The summed E-state index contributed by atoms with van der Waals surface area (Å²) in [7, 11) is 1.92. The molecule has 0 saturated carbocycles. The summed E-state index contributed by atoms with van der Waals surface area (Å²) in [6.07, 6.45) is 3.47. The van der Waals surface area contributed by atoms with Gasteiger partial charge in [-0.3, -0.25) is 9.48 Å². The van der Waals surface area contributed by atoms with Gasteiger partial charge in [-0.1, -0.05) is 30.3 Å². The van der Waals surface area contributed by atoms with Gasteiger partial charge in [0.25, 0.3) is 0 Å². The van der Waals surface area contributed by atoms with Gasteiger partial charge in [-0.15, -0.1) is 0 Å². The van der Waals surface area contributed by atoms with Crippen LogP contribution in [0.15, 0.2) is 36.5 Å². The fraction of sp³-hybridized carbons (Fsp3) is 0.375. The zero-order valence-corrected chi connectivity index (χ0v) is 11.8. The highest BCUT2D eigenvalue weighted by Gasteiger charge is 2.35. The average molecular weight is 269 g/mol. The molecular weight excluding hydrogens is 250 g/mol. The van der Waals surface area contributed by atoms with Crippen molar-refractivity contribution in [3.8, 4) is 0 Å². The molecule has 4 heteroatoms. The van der Waals surface area contributed by atoms with Crippen molar-refractivity contribution >= 4 is 5.91 Å². The van der Waals surface area contributed by atoms with Crippen LogP contribution in [0.3, 0.4) is 0 Å². The lowest BCUT2D eigenvalue weighted by molar-refractivity contribution is -0.119.